The number of quaternary nitrogens is 1. The molecular formula is C20H35N2O+. The fraction of sp³-hybridized carbons (Fsp3) is 0.650. The largest absolute Gasteiger partial charge is 0.320 e. The highest BCUT2D eigenvalue weighted by atomic mass is 16.1. The number of rotatable bonds is 11. The molecule has 1 amide bonds. The van der Waals surface area contributed by atoms with Crippen molar-refractivity contribution in [3.8, 4) is 0 Å². The monoisotopic (exact) mass is 319 g/mol. The SMILES string of the molecule is CCCCCCCCc1ccc(C(=O)NC(CC)[NH+](C)C)cc1. The molecule has 3 nitrogen and oxygen atoms in total. The molecule has 3 heteroatoms. The second kappa shape index (κ2) is 11.2. The lowest BCUT2D eigenvalue weighted by atomic mass is 10.0. The third-order valence-corrected chi connectivity index (χ3v) is 4.45. The molecule has 0 aromatic heterocycles. The Labute approximate surface area is 142 Å². The van der Waals surface area contributed by atoms with E-state index < -0.39 is 0 Å². The summed E-state index contributed by atoms with van der Waals surface area (Å²) in [5.74, 6) is 0.0316. The van der Waals surface area contributed by atoms with E-state index in [9.17, 15) is 4.79 Å². The van der Waals surface area contributed by atoms with Crippen LogP contribution in [0.5, 0.6) is 0 Å². The first kappa shape index (κ1) is 19.7. The van der Waals surface area contributed by atoms with Gasteiger partial charge in [-0.25, -0.2) is 0 Å². The zero-order valence-corrected chi connectivity index (χ0v) is 15.5. The average Bonchev–Trinajstić information content (AvgIpc) is 2.55. The second-order valence-corrected chi connectivity index (χ2v) is 6.73. The van der Waals surface area contributed by atoms with Crippen molar-refractivity contribution in [1.82, 2.24) is 5.32 Å². The van der Waals surface area contributed by atoms with E-state index in [1.807, 2.05) is 12.1 Å². The number of carbonyl (C=O) groups excluding carboxylic acids is 1. The quantitative estimate of drug-likeness (QED) is 0.477. The smallest absolute Gasteiger partial charge is 0.255 e. The summed E-state index contributed by atoms with van der Waals surface area (Å²) < 4.78 is 0. The predicted octanol–water partition coefficient (Wildman–Crippen LogP) is 3.20. The first-order chi connectivity index (χ1) is 11.1. The van der Waals surface area contributed by atoms with Crippen LogP contribution in [0.1, 0.15) is 74.7 Å². The lowest BCUT2D eigenvalue weighted by Gasteiger charge is -2.21. The van der Waals surface area contributed by atoms with Crippen LogP contribution in [-0.4, -0.2) is 26.2 Å². The molecule has 1 rings (SSSR count). The number of hydrogen-bond donors (Lipinski definition) is 2. The Kier molecular flexibility index (Phi) is 9.61. The normalized spacial score (nSPS) is 12.4. The van der Waals surface area contributed by atoms with E-state index in [1.165, 1.54) is 49.0 Å². The van der Waals surface area contributed by atoms with Crippen molar-refractivity contribution in [3.05, 3.63) is 35.4 Å². The van der Waals surface area contributed by atoms with Gasteiger partial charge in [0.1, 0.15) is 0 Å². The van der Waals surface area contributed by atoms with Crippen LogP contribution in [0.25, 0.3) is 0 Å². The summed E-state index contributed by atoms with van der Waals surface area (Å²) in [6.45, 7) is 4.35. The van der Waals surface area contributed by atoms with Gasteiger partial charge >= 0.3 is 0 Å². The van der Waals surface area contributed by atoms with E-state index in [-0.39, 0.29) is 12.1 Å². The summed E-state index contributed by atoms with van der Waals surface area (Å²) >= 11 is 0. The van der Waals surface area contributed by atoms with Gasteiger partial charge in [-0.05, 0) is 30.5 Å². The van der Waals surface area contributed by atoms with Gasteiger partial charge in [0.15, 0.2) is 6.17 Å². The van der Waals surface area contributed by atoms with Crippen LogP contribution in [0.2, 0.25) is 0 Å². The Morgan fingerprint density at radius 2 is 1.61 bits per heavy atom. The van der Waals surface area contributed by atoms with Gasteiger partial charge < -0.3 is 10.2 Å². The van der Waals surface area contributed by atoms with E-state index in [1.54, 1.807) is 0 Å². The molecule has 0 fully saturated rings. The number of hydrogen-bond acceptors (Lipinski definition) is 1. The number of amides is 1. The molecule has 1 aromatic rings. The van der Waals surface area contributed by atoms with Crippen LogP contribution in [-0.2, 0) is 6.42 Å². The third kappa shape index (κ3) is 7.65. The van der Waals surface area contributed by atoms with Gasteiger partial charge in [-0.3, -0.25) is 4.79 Å². The lowest BCUT2D eigenvalue weighted by Crippen LogP contribution is -3.12. The zero-order chi connectivity index (χ0) is 17.1. The molecule has 0 spiro atoms. The predicted molar refractivity (Wildman–Crippen MR) is 97.9 cm³/mol. The van der Waals surface area contributed by atoms with Crippen molar-refractivity contribution in [2.24, 2.45) is 0 Å². The van der Waals surface area contributed by atoms with Gasteiger partial charge in [-0.15, -0.1) is 0 Å². The van der Waals surface area contributed by atoms with E-state index in [0.29, 0.717) is 0 Å². The van der Waals surface area contributed by atoms with Crippen molar-refractivity contribution in [2.45, 2.75) is 71.4 Å². The van der Waals surface area contributed by atoms with E-state index in [4.69, 9.17) is 0 Å². The highest BCUT2D eigenvalue weighted by Crippen LogP contribution is 2.11. The molecule has 0 saturated carbocycles. The molecule has 1 aromatic carbocycles. The summed E-state index contributed by atoms with van der Waals surface area (Å²) in [6, 6.07) is 8.12. The molecule has 2 N–H and O–H groups in total. The van der Waals surface area contributed by atoms with Crippen LogP contribution in [0.3, 0.4) is 0 Å². The van der Waals surface area contributed by atoms with Gasteiger partial charge in [0, 0.05) is 12.0 Å². The van der Waals surface area contributed by atoms with Gasteiger partial charge in [-0.2, -0.15) is 0 Å². The molecule has 0 heterocycles. The number of unbranched alkanes of at least 4 members (excludes halogenated alkanes) is 5. The van der Waals surface area contributed by atoms with Crippen LogP contribution in [0, 0.1) is 0 Å². The number of aryl methyl sites for hydroxylation is 1. The van der Waals surface area contributed by atoms with Gasteiger partial charge in [-0.1, -0.05) is 58.1 Å². The molecule has 23 heavy (non-hydrogen) atoms. The topological polar surface area (TPSA) is 33.5 Å². The summed E-state index contributed by atoms with van der Waals surface area (Å²) in [5, 5.41) is 3.10. The molecule has 0 aliphatic rings. The molecule has 0 saturated heterocycles. The zero-order valence-electron chi connectivity index (χ0n) is 15.5. The van der Waals surface area contributed by atoms with Crippen LogP contribution in [0.15, 0.2) is 24.3 Å². The minimum atomic E-state index is 0.0316. The molecular weight excluding hydrogens is 284 g/mol. The molecule has 0 aliphatic carbocycles. The lowest BCUT2D eigenvalue weighted by molar-refractivity contribution is -0.888. The standard InChI is InChI=1S/C20H34N2O/c1-5-7-8-9-10-11-12-17-13-15-18(16-14-17)20(23)21-19(6-2)22(3)4/h13-16,19H,5-12H2,1-4H3,(H,21,23)/p+1. The fourth-order valence-corrected chi connectivity index (χ4v) is 2.83. The summed E-state index contributed by atoms with van der Waals surface area (Å²) in [6.07, 6.45) is 10.2. The Hall–Kier alpha value is -1.35. The van der Waals surface area contributed by atoms with Gasteiger partial charge in [0.05, 0.1) is 14.1 Å². The maximum absolute atomic E-state index is 12.3. The Balaban J connectivity index is 2.39. The highest BCUT2D eigenvalue weighted by molar-refractivity contribution is 5.94. The van der Waals surface area contributed by atoms with Gasteiger partial charge in [0.25, 0.3) is 5.91 Å². The van der Waals surface area contributed by atoms with Crippen molar-refractivity contribution in [1.29, 1.82) is 0 Å². The Bertz CT molecular complexity index is 439. The van der Waals surface area contributed by atoms with Crippen LogP contribution < -0.4 is 10.2 Å². The van der Waals surface area contributed by atoms with Crippen LogP contribution in [0.4, 0.5) is 0 Å². The third-order valence-electron chi connectivity index (χ3n) is 4.45. The van der Waals surface area contributed by atoms with Crippen molar-refractivity contribution < 1.29 is 9.69 Å². The fourth-order valence-electron chi connectivity index (χ4n) is 2.83. The van der Waals surface area contributed by atoms with Crippen LogP contribution >= 0.6 is 0 Å². The molecule has 0 aliphatic heterocycles. The minimum absolute atomic E-state index is 0.0316. The Morgan fingerprint density at radius 3 is 2.17 bits per heavy atom. The second-order valence-electron chi connectivity index (χ2n) is 6.73. The first-order valence-corrected chi connectivity index (χ1v) is 9.28. The summed E-state index contributed by atoms with van der Waals surface area (Å²) in [4.78, 5) is 13.5. The summed E-state index contributed by atoms with van der Waals surface area (Å²) in [7, 11) is 4.14. The molecule has 1 unspecified atom stereocenters. The van der Waals surface area contributed by atoms with E-state index >= 15 is 0 Å². The van der Waals surface area contributed by atoms with E-state index in [0.717, 1.165) is 18.4 Å². The highest BCUT2D eigenvalue weighted by Gasteiger charge is 2.16. The number of nitrogens with one attached hydrogen (secondary N) is 2. The van der Waals surface area contributed by atoms with E-state index in [2.05, 4.69) is 45.4 Å². The molecule has 0 bridgehead atoms. The van der Waals surface area contributed by atoms with Gasteiger partial charge in [0.2, 0.25) is 0 Å². The molecule has 1 atom stereocenters. The molecule has 130 valence electrons. The van der Waals surface area contributed by atoms with Crippen molar-refractivity contribution in [3.63, 3.8) is 0 Å². The first-order valence-electron chi connectivity index (χ1n) is 9.28. The van der Waals surface area contributed by atoms with Crippen molar-refractivity contribution >= 4 is 5.91 Å². The Morgan fingerprint density at radius 1 is 1.00 bits per heavy atom. The minimum Gasteiger partial charge on any atom is -0.320 e. The maximum Gasteiger partial charge on any atom is 0.255 e. The molecule has 0 radical (unpaired) electrons. The number of benzene rings is 1. The van der Waals surface area contributed by atoms with Crippen molar-refractivity contribution in [2.75, 3.05) is 14.1 Å². The summed E-state index contributed by atoms with van der Waals surface area (Å²) in [5.41, 5.74) is 2.10. The maximum atomic E-state index is 12.3. The average molecular weight is 320 g/mol. The number of carbonyl (C=O) groups is 1.